The molecule has 0 radical (unpaired) electrons. The third-order valence-electron chi connectivity index (χ3n) is 7.65. The fourth-order valence-corrected chi connectivity index (χ4v) is 7.40. The highest BCUT2D eigenvalue weighted by molar-refractivity contribution is 7.16. The number of benzene rings is 1. The Hall–Kier alpha value is -3.97. The van der Waals surface area contributed by atoms with E-state index in [2.05, 4.69) is 6.07 Å². The summed E-state index contributed by atoms with van der Waals surface area (Å²) in [6.45, 7) is 6.01. The summed E-state index contributed by atoms with van der Waals surface area (Å²) in [5.41, 5.74) is 9.65. The molecule has 2 aliphatic carbocycles. The number of non-ortho nitro benzene ring substituents is 1. The van der Waals surface area contributed by atoms with Crippen LogP contribution in [0.15, 0.2) is 46.9 Å². The number of ether oxygens (including phenoxy) is 1. The van der Waals surface area contributed by atoms with Gasteiger partial charge in [-0.3, -0.25) is 19.8 Å². The Labute approximate surface area is 230 Å². The number of hydrogen-bond acceptors (Lipinski definition) is 9. The van der Waals surface area contributed by atoms with Crippen LogP contribution >= 0.6 is 11.3 Å². The molecule has 202 valence electrons. The Kier molecular flexibility index (Phi) is 6.81. The number of ketones is 1. The van der Waals surface area contributed by atoms with Gasteiger partial charge in [0.25, 0.3) is 5.69 Å². The molecule has 0 fully saturated rings. The van der Waals surface area contributed by atoms with Crippen molar-refractivity contribution < 1.29 is 19.2 Å². The van der Waals surface area contributed by atoms with Crippen molar-refractivity contribution in [2.45, 2.75) is 65.2 Å². The molecule has 0 saturated heterocycles. The minimum Gasteiger partial charge on any atom is -0.462 e. The molecular weight excluding hydrogens is 516 g/mol. The fourth-order valence-electron chi connectivity index (χ4n) is 5.99. The quantitative estimate of drug-likeness (QED) is 0.288. The summed E-state index contributed by atoms with van der Waals surface area (Å²) < 4.78 is 5.47. The molecule has 9 nitrogen and oxygen atoms in total. The van der Waals surface area contributed by atoms with Crippen molar-refractivity contribution in [2.24, 2.45) is 11.1 Å². The summed E-state index contributed by atoms with van der Waals surface area (Å²) in [7, 11) is 0. The predicted octanol–water partition coefficient (Wildman–Crippen LogP) is 5.65. The summed E-state index contributed by atoms with van der Waals surface area (Å²) in [4.78, 5) is 40.7. The van der Waals surface area contributed by atoms with E-state index in [-0.39, 0.29) is 41.3 Å². The highest BCUT2D eigenvalue weighted by Crippen LogP contribution is 2.53. The average molecular weight is 547 g/mol. The number of fused-ring (bicyclic) bond motifs is 1. The number of nitriles is 1. The number of thiophene rings is 1. The number of nitro benzene ring substituents is 1. The number of nitrogens with two attached hydrogens (primary N) is 1. The third kappa shape index (κ3) is 4.51. The molecule has 2 heterocycles. The Morgan fingerprint density at radius 1 is 1.26 bits per heavy atom. The predicted molar refractivity (Wildman–Crippen MR) is 147 cm³/mol. The maximum absolute atomic E-state index is 13.8. The zero-order valence-electron chi connectivity index (χ0n) is 22.2. The fraction of sp³-hybridized carbons (Fsp3) is 0.414. The zero-order chi connectivity index (χ0) is 28.1. The lowest BCUT2D eigenvalue weighted by Gasteiger charge is -2.43. The molecule has 0 spiro atoms. The van der Waals surface area contributed by atoms with Crippen LogP contribution < -0.4 is 10.6 Å². The summed E-state index contributed by atoms with van der Waals surface area (Å²) in [6, 6.07) is 8.13. The van der Waals surface area contributed by atoms with Gasteiger partial charge in [-0.2, -0.15) is 5.26 Å². The van der Waals surface area contributed by atoms with E-state index in [4.69, 9.17) is 10.5 Å². The van der Waals surface area contributed by atoms with Crippen molar-refractivity contribution in [1.29, 1.82) is 5.26 Å². The van der Waals surface area contributed by atoms with Gasteiger partial charge in [-0.05, 0) is 55.6 Å². The lowest BCUT2D eigenvalue weighted by atomic mass is 9.68. The van der Waals surface area contributed by atoms with E-state index in [0.29, 0.717) is 33.8 Å². The highest BCUT2D eigenvalue weighted by Gasteiger charge is 2.46. The first-order chi connectivity index (χ1) is 18.6. The van der Waals surface area contributed by atoms with Gasteiger partial charge in [-0.25, -0.2) is 4.79 Å². The van der Waals surface area contributed by atoms with Gasteiger partial charge in [-0.15, -0.1) is 11.3 Å². The number of esters is 1. The Morgan fingerprint density at radius 3 is 2.59 bits per heavy atom. The largest absolute Gasteiger partial charge is 0.462 e. The van der Waals surface area contributed by atoms with Gasteiger partial charge in [0.2, 0.25) is 0 Å². The van der Waals surface area contributed by atoms with Crippen LogP contribution in [0.2, 0.25) is 0 Å². The minimum atomic E-state index is -0.758. The second kappa shape index (κ2) is 9.97. The lowest BCUT2D eigenvalue weighted by molar-refractivity contribution is -0.384. The summed E-state index contributed by atoms with van der Waals surface area (Å²) in [5, 5.41) is 22.2. The van der Waals surface area contributed by atoms with E-state index in [1.165, 1.54) is 23.5 Å². The zero-order valence-corrected chi connectivity index (χ0v) is 23.0. The van der Waals surface area contributed by atoms with Crippen molar-refractivity contribution in [1.82, 2.24) is 0 Å². The molecule has 39 heavy (non-hydrogen) atoms. The first-order valence-corrected chi connectivity index (χ1v) is 13.9. The molecule has 10 heteroatoms. The van der Waals surface area contributed by atoms with E-state index < -0.39 is 16.8 Å². The maximum atomic E-state index is 13.8. The van der Waals surface area contributed by atoms with E-state index in [9.17, 15) is 25.0 Å². The summed E-state index contributed by atoms with van der Waals surface area (Å²) >= 11 is 1.48. The molecule has 3 aliphatic rings. The van der Waals surface area contributed by atoms with Gasteiger partial charge >= 0.3 is 5.97 Å². The van der Waals surface area contributed by atoms with E-state index in [1.54, 1.807) is 24.0 Å². The normalized spacial score (nSPS) is 20.3. The standard InChI is InChI=1S/C29H30N4O5S/c1-4-38-28(35)24-18-7-5-6-8-22(18)39-27(24)32-20-13-29(2,3)14-21(34)25(20)23(19(15-30)26(32)31)16-9-11-17(12-10-16)33(36)37/h9-12,23H,4-8,13-14,31H2,1-3H3. The molecule has 1 atom stereocenters. The number of allylic oxidation sites excluding steroid dienone is 3. The van der Waals surface area contributed by atoms with E-state index in [1.807, 2.05) is 13.8 Å². The van der Waals surface area contributed by atoms with Crippen molar-refractivity contribution in [3.63, 3.8) is 0 Å². The average Bonchev–Trinajstić information content (AvgIpc) is 3.26. The topological polar surface area (TPSA) is 140 Å². The number of hydrogen-bond donors (Lipinski definition) is 1. The molecule has 5 rings (SSSR count). The number of nitro groups is 1. The first kappa shape index (κ1) is 26.6. The van der Waals surface area contributed by atoms with Gasteiger partial charge in [0, 0.05) is 34.7 Å². The van der Waals surface area contributed by atoms with Gasteiger partial charge < -0.3 is 10.5 Å². The number of rotatable bonds is 5. The number of nitrogens with zero attached hydrogens (tertiary/aromatic N) is 3. The number of Topliss-reactive ketones (excluding diaryl/α,β-unsaturated/α-hetero) is 1. The van der Waals surface area contributed by atoms with Crippen molar-refractivity contribution >= 4 is 33.8 Å². The monoisotopic (exact) mass is 546 g/mol. The summed E-state index contributed by atoms with van der Waals surface area (Å²) in [5.74, 6) is -1.13. The number of anilines is 1. The van der Waals surface area contributed by atoms with Gasteiger partial charge in [-0.1, -0.05) is 26.0 Å². The van der Waals surface area contributed by atoms with E-state index >= 15 is 0 Å². The third-order valence-corrected chi connectivity index (χ3v) is 8.93. The maximum Gasteiger partial charge on any atom is 0.341 e. The van der Waals surface area contributed by atoms with Crippen LogP contribution in [0.1, 0.15) is 78.7 Å². The molecule has 1 unspecified atom stereocenters. The highest BCUT2D eigenvalue weighted by atomic mass is 32.1. The Bertz CT molecular complexity index is 1490. The lowest BCUT2D eigenvalue weighted by Crippen LogP contribution is -2.42. The van der Waals surface area contributed by atoms with Crippen LogP contribution in [-0.4, -0.2) is 23.3 Å². The van der Waals surface area contributed by atoms with Crippen LogP contribution in [0.5, 0.6) is 0 Å². The van der Waals surface area contributed by atoms with Crippen molar-refractivity contribution in [2.75, 3.05) is 11.5 Å². The summed E-state index contributed by atoms with van der Waals surface area (Å²) in [6.07, 6.45) is 4.37. The van der Waals surface area contributed by atoms with Crippen molar-refractivity contribution in [3.8, 4) is 6.07 Å². The van der Waals surface area contributed by atoms with Gasteiger partial charge in [0.15, 0.2) is 5.78 Å². The van der Waals surface area contributed by atoms with Crippen LogP contribution in [0.4, 0.5) is 10.7 Å². The Morgan fingerprint density at radius 2 is 1.95 bits per heavy atom. The molecule has 1 aromatic carbocycles. The van der Waals surface area contributed by atoms with Crippen LogP contribution in [-0.2, 0) is 22.4 Å². The second-order valence-corrected chi connectivity index (χ2v) is 12.0. The Balaban J connectivity index is 1.77. The number of aryl methyl sites for hydroxylation is 1. The second-order valence-electron chi connectivity index (χ2n) is 10.9. The number of carbonyl (C=O) groups is 2. The van der Waals surface area contributed by atoms with Gasteiger partial charge in [0.05, 0.1) is 34.7 Å². The minimum absolute atomic E-state index is 0.0832. The van der Waals surface area contributed by atoms with E-state index in [0.717, 1.165) is 36.1 Å². The van der Waals surface area contributed by atoms with Gasteiger partial charge in [0.1, 0.15) is 10.8 Å². The molecule has 2 N–H and O–H groups in total. The van der Waals surface area contributed by atoms with Crippen LogP contribution in [0.25, 0.3) is 0 Å². The van der Waals surface area contributed by atoms with Crippen molar-refractivity contribution in [3.05, 3.63) is 78.6 Å². The molecule has 0 amide bonds. The first-order valence-electron chi connectivity index (χ1n) is 13.1. The molecule has 1 aliphatic heterocycles. The smallest absolute Gasteiger partial charge is 0.341 e. The number of carbonyl (C=O) groups excluding carboxylic acids is 2. The SMILES string of the molecule is CCOC(=O)c1c(N2C(N)=C(C#N)C(c3ccc([N+](=O)[O-])cc3)C3=C2CC(C)(C)CC3=O)sc2c1CCCC2. The molecule has 1 aromatic heterocycles. The van der Waals surface area contributed by atoms with Crippen LogP contribution in [0.3, 0.4) is 0 Å². The molecule has 0 saturated carbocycles. The molecule has 2 aromatic rings. The van der Waals surface area contributed by atoms with Crippen LogP contribution in [0, 0.1) is 26.9 Å². The molecular formula is C29H30N4O5S. The molecule has 0 bridgehead atoms.